The van der Waals surface area contributed by atoms with Crippen LogP contribution in [0, 0.1) is 0 Å². The fourth-order valence-electron chi connectivity index (χ4n) is 4.29. The van der Waals surface area contributed by atoms with E-state index in [0.29, 0.717) is 39.2 Å². The van der Waals surface area contributed by atoms with Crippen LogP contribution in [0.4, 0.5) is 5.69 Å². The van der Waals surface area contributed by atoms with E-state index < -0.39 is 15.9 Å². The summed E-state index contributed by atoms with van der Waals surface area (Å²) >= 11 is 14.0. The zero-order chi connectivity index (χ0) is 24.7. The van der Waals surface area contributed by atoms with E-state index in [4.69, 9.17) is 23.2 Å². The van der Waals surface area contributed by atoms with Gasteiger partial charge in [0.05, 0.1) is 30.8 Å². The van der Waals surface area contributed by atoms with Crippen molar-refractivity contribution in [3.05, 3.63) is 86.6 Å². The first-order chi connectivity index (χ1) is 16.8. The van der Waals surface area contributed by atoms with Gasteiger partial charge in [-0.3, -0.25) is 9.10 Å². The highest BCUT2D eigenvalue weighted by Crippen LogP contribution is 2.33. The van der Waals surface area contributed by atoms with Gasteiger partial charge in [0.25, 0.3) is 15.9 Å². The molecule has 0 saturated carbocycles. The Kier molecular flexibility index (Phi) is 6.48. The molecule has 35 heavy (non-hydrogen) atoms. The van der Waals surface area contributed by atoms with Gasteiger partial charge in [-0.25, -0.2) is 8.42 Å². The number of fused-ring (bicyclic) bond motifs is 2. The fraction of sp³-hybridized carbons (Fsp3) is 0.200. The first-order valence-electron chi connectivity index (χ1n) is 11.1. The number of amides is 1. The van der Waals surface area contributed by atoms with E-state index in [-0.39, 0.29) is 4.90 Å². The van der Waals surface area contributed by atoms with Crippen LogP contribution in [0.25, 0.3) is 10.2 Å². The van der Waals surface area contributed by atoms with E-state index in [9.17, 15) is 13.2 Å². The van der Waals surface area contributed by atoms with E-state index in [1.165, 1.54) is 39.9 Å². The van der Waals surface area contributed by atoms with Crippen LogP contribution in [0.15, 0.2) is 70.6 Å². The SMILES string of the molecule is CCn1c(=NC(=O)c2ccc(S(=O)(=O)N3CCCc4ccccc43)cc2)sc2c(Cl)ccc(Cl)c21. The summed E-state index contributed by atoms with van der Waals surface area (Å²) < 4.78 is 30.8. The molecular formula is C25H21Cl2N3O3S2. The van der Waals surface area contributed by atoms with Crippen LogP contribution in [-0.4, -0.2) is 25.4 Å². The molecule has 1 aliphatic heterocycles. The lowest BCUT2D eigenvalue weighted by Gasteiger charge is -2.30. The molecule has 1 aromatic heterocycles. The second-order valence-electron chi connectivity index (χ2n) is 8.09. The normalized spacial score (nSPS) is 14.4. The van der Waals surface area contributed by atoms with Crippen molar-refractivity contribution in [3.63, 3.8) is 0 Å². The summed E-state index contributed by atoms with van der Waals surface area (Å²) in [5.74, 6) is -0.474. The van der Waals surface area contributed by atoms with Crippen molar-refractivity contribution in [1.29, 1.82) is 0 Å². The summed E-state index contributed by atoms with van der Waals surface area (Å²) in [6.07, 6.45) is 1.61. The summed E-state index contributed by atoms with van der Waals surface area (Å²) in [6, 6.07) is 16.9. The molecule has 0 N–H and O–H groups in total. The Morgan fingerprint density at radius 2 is 1.74 bits per heavy atom. The maximum atomic E-state index is 13.4. The lowest BCUT2D eigenvalue weighted by atomic mass is 10.0. The molecule has 1 amide bonds. The van der Waals surface area contributed by atoms with Gasteiger partial charge in [-0.2, -0.15) is 4.99 Å². The Bertz CT molecular complexity index is 1620. The van der Waals surface area contributed by atoms with Gasteiger partial charge in [0.2, 0.25) is 0 Å². The highest BCUT2D eigenvalue weighted by atomic mass is 35.5. The minimum absolute atomic E-state index is 0.134. The fourth-order valence-corrected chi connectivity index (χ4v) is 7.54. The molecule has 0 radical (unpaired) electrons. The number of carbonyl (C=O) groups is 1. The third-order valence-electron chi connectivity index (χ3n) is 6.00. The Labute approximate surface area is 217 Å². The topological polar surface area (TPSA) is 71.7 Å². The smallest absolute Gasteiger partial charge is 0.279 e. The number of aromatic nitrogens is 1. The lowest BCUT2D eigenvalue weighted by Crippen LogP contribution is -2.35. The molecule has 0 fully saturated rings. The molecular weight excluding hydrogens is 525 g/mol. The van der Waals surface area contributed by atoms with Gasteiger partial charge >= 0.3 is 0 Å². The molecule has 4 aromatic rings. The maximum Gasteiger partial charge on any atom is 0.279 e. The van der Waals surface area contributed by atoms with Gasteiger partial charge in [-0.1, -0.05) is 52.7 Å². The molecule has 0 saturated heterocycles. The van der Waals surface area contributed by atoms with E-state index in [0.717, 1.165) is 28.6 Å². The van der Waals surface area contributed by atoms with E-state index in [2.05, 4.69) is 4.99 Å². The predicted octanol–water partition coefficient (Wildman–Crippen LogP) is 5.91. The predicted molar refractivity (Wildman–Crippen MR) is 141 cm³/mol. The van der Waals surface area contributed by atoms with Gasteiger partial charge in [-0.15, -0.1) is 0 Å². The largest absolute Gasteiger partial charge is 0.315 e. The summed E-state index contributed by atoms with van der Waals surface area (Å²) in [6.45, 7) is 2.91. The first kappa shape index (κ1) is 24.1. The molecule has 3 aromatic carbocycles. The van der Waals surface area contributed by atoms with Gasteiger partial charge in [0, 0.05) is 18.7 Å². The molecule has 1 aliphatic rings. The van der Waals surface area contributed by atoms with Crippen molar-refractivity contribution >= 4 is 66.4 Å². The standard InChI is InChI=1S/C25H21Cl2N3O3S2/c1-2-29-22-19(26)13-14-20(27)23(22)34-25(29)28-24(31)17-9-11-18(12-10-17)35(32,33)30-15-5-7-16-6-3-4-8-21(16)30/h3-4,6,8-14H,2,5,7,15H2,1H3. The van der Waals surface area contributed by atoms with Crippen molar-refractivity contribution in [1.82, 2.24) is 4.57 Å². The van der Waals surface area contributed by atoms with Crippen LogP contribution < -0.4 is 9.11 Å². The van der Waals surface area contributed by atoms with E-state index in [1.807, 2.05) is 35.8 Å². The van der Waals surface area contributed by atoms with Crippen LogP contribution >= 0.6 is 34.5 Å². The summed E-state index contributed by atoms with van der Waals surface area (Å²) in [4.78, 5) is 17.9. The molecule has 2 heterocycles. The van der Waals surface area contributed by atoms with Gasteiger partial charge in [0.1, 0.15) is 0 Å². The molecule has 0 bridgehead atoms. The van der Waals surface area contributed by atoms with Crippen LogP contribution in [0.3, 0.4) is 0 Å². The number of benzene rings is 3. The molecule has 0 spiro atoms. The van der Waals surface area contributed by atoms with Crippen LogP contribution in [0.5, 0.6) is 0 Å². The number of sulfonamides is 1. The highest BCUT2D eigenvalue weighted by molar-refractivity contribution is 7.92. The zero-order valence-corrected chi connectivity index (χ0v) is 21.9. The van der Waals surface area contributed by atoms with Crippen molar-refractivity contribution in [3.8, 4) is 0 Å². The number of thiazole rings is 1. The van der Waals surface area contributed by atoms with Crippen molar-refractivity contribution < 1.29 is 13.2 Å². The van der Waals surface area contributed by atoms with Gasteiger partial charge in [-0.05, 0) is 67.8 Å². The monoisotopic (exact) mass is 545 g/mol. The maximum absolute atomic E-state index is 13.4. The quantitative estimate of drug-likeness (QED) is 0.320. The highest BCUT2D eigenvalue weighted by Gasteiger charge is 2.29. The van der Waals surface area contributed by atoms with Gasteiger partial charge < -0.3 is 4.57 Å². The van der Waals surface area contributed by atoms with Gasteiger partial charge in [0.15, 0.2) is 4.80 Å². The lowest BCUT2D eigenvalue weighted by molar-refractivity contribution is 0.0997. The molecule has 0 atom stereocenters. The zero-order valence-electron chi connectivity index (χ0n) is 18.7. The number of rotatable bonds is 4. The summed E-state index contributed by atoms with van der Waals surface area (Å²) in [7, 11) is -3.75. The number of aryl methyl sites for hydroxylation is 2. The number of para-hydroxylation sites is 1. The van der Waals surface area contributed by atoms with Crippen molar-refractivity contribution in [2.75, 3.05) is 10.8 Å². The Balaban J connectivity index is 1.48. The third-order valence-corrected chi connectivity index (χ3v) is 9.67. The molecule has 180 valence electrons. The average Bonchev–Trinajstić information content (AvgIpc) is 3.25. The van der Waals surface area contributed by atoms with Crippen molar-refractivity contribution in [2.45, 2.75) is 31.2 Å². The molecule has 6 nitrogen and oxygen atoms in total. The number of hydrogen-bond acceptors (Lipinski definition) is 4. The number of nitrogens with zero attached hydrogens (tertiary/aromatic N) is 3. The minimum atomic E-state index is -3.75. The molecule has 10 heteroatoms. The number of anilines is 1. The number of hydrogen-bond donors (Lipinski definition) is 0. The summed E-state index contributed by atoms with van der Waals surface area (Å²) in [5.41, 5.74) is 2.75. The number of carbonyl (C=O) groups excluding carboxylic acids is 1. The Hall–Kier alpha value is -2.65. The minimum Gasteiger partial charge on any atom is -0.315 e. The van der Waals surface area contributed by atoms with Crippen LogP contribution in [0.1, 0.15) is 29.3 Å². The average molecular weight is 547 g/mol. The van der Waals surface area contributed by atoms with E-state index >= 15 is 0 Å². The molecule has 5 rings (SSSR count). The second-order valence-corrected chi connectivity index (χ2v) is 11.7. The second kappa shape index (κ2) is 9.43. The summed E-state index contributed by atoms with van der Waals surface area (Å²) in [5, 5.41) is 1.07. The number of halogens is 2. The molecule has 0 unspecified atom stereocenters. The van der Waals surface area contributed by atoms with Crippen LogP contribution in [-0.2, 0) is 23.0 Å². The van der Waals surface area contributed by atoms with E-state index in [1.54, 1.807) is 12.1 Å². The molecule has 0 aliphatic carbocycles. The van der Waals surface area contributed by atoms with Crippen LogP contribution in [0.2, 0.25) is 10.0 Å². The Morgan fingerprint density at radius 1 is 1.03 bits per heavy atom. The van der Waals surface area contributed by atoms with Crippen molar-refractivity contribution in [2.24, 2.45) is 4.99 Å². The Morgan fingerprint density at radius 3 is 2.49 bits per heavy atom. The first-order valence-corrected chi connectivity index (χ1v) is 14.1. The third kappa shape index (κ3) is 4.29.